The van der Waals surface area contributed by atoms with Crippen LogP contribution in [0.3, 0.4) is 0 Å². The van der Waals surface area contributed by atoms with E-state index in [0.717, 1.165) is 17.1 Å². The van der Waals surface area contributed by atoms with Crippen molar-refractivity contribution < 1.29 is 37.6 Å². The van der Waals surface area contributed by atoms with Crippen molar-refractivity contribution in [1.29, 1.82) is 0 Å². The smallest absolute Gasteiger partial charge is 0.255 e. The van der Waals surface area contributed by atoms with Crippen LogP contribution in [-0.4, -0.2) is 30.5 Å². The number of carbonyl (C=O) groups is 1. The van der Waals surface area contributed by atoms with Crippen molar-refractivity contribution in [3.63, 3.8) is 0 Å². The molecule has 0 bridgehead atoms. The van der Waals surface area contributed by atoms with Crippen molar-refractivity contribution in [2.24, 2.45) is 0 Å². The number of carbonyl (C=O) groups excluding carboxylic acids is 1. The number of hydrogen-bond acceptors (Lipinski definition) is 1. The summed E-state index contributed by atoms with van der Waals surface area (Å²) in [6.45, 7) is 0.979. The minimum atomic E-state index is -0.531. The van der Waals surface area contributed by atoms with Crippen LogP contribution >= 0.6 is 11.6 Å². The first-order chi connectivity index (χ1) is 12.8. The molecule has 2 aromatic rings. The Labute approximate surface area is 188 Å². The van der Waals surface area contributed by atoms with Gasteiger partial charge in [-0.05, 0) is 56.0 Å². The van der Waals surface area contributed by atoms with Crippen LogP contribution in [0.1, 0.15) is 48.0 Å². The van der Waals surface area contributed by atoms with Gasteiger partial charge in [0.05, 0.1) is 25.2 Å². The standard InChI is InChI=1S/C22H26ClFN2O.HI/c1-26(2,19-6-4-3-5-7-19)15-16-8-11-18(12-9-16)25-22(27)17-10-13-21(24)20(23)14-17;/h8-14,19H,3-7,15H2,1-2H3;1H. The van der Waals surface area contributed by atoms with Gasteiger partial charge >= 0.3 is 0 Å². The van der Waals surface area contributed by atoms with Crippen LogP contribution in [0.5, 0.6) is 0 Å². The number of halogens is 3. The third-order valence-electron chi connectivity index (χ3n) is 5.55. The Hall–Kier alpha value is -1.18. The molecule has 1 N–H and O–H groups in total. The van der Waals surface area contributed by atoms with E-state index in [1.54, 1.807) is 0 Å². The number of nitrogens with zero attached hydrogens (tertiary/aromatic N) is 1. The van der Waals surface area contributed by atoms with Crippen molar-refractivity contribution >= 4 is 23.2 Å². The molecule has 0 radical (unpaired) electrons. The molecule has 0 saturated heterocycles. The number of amides is 1. The third kappa shape index (κ3) is 5.91. The summed E-state index contributed by atoms with van der Waals surface area (Å²) in [6, 6.07) is 12.7. The van der Waals surface area contributed by atoms with Gasteiger partial charge in [-0.15, -0.1) is 0 Å². The van der Waals surface area contributed by atoms with Gasteiger partial charge in [0.15, 0.2) is 0 Å². The van der Waals surface area contributed by atoms with Gasteiger partial charge in [0, 0.05) is 16.8 Å². The van der Waals surface area contributed by atoms with Crippen LogP contribution < -0.4 is 29.3 Å². The van der Waals surface area contributed by atoms with Crippen molar-refractivity contribution in [2.45, 2.75) is 44.7 Å². The van der Waals surface area contributed by atoms with Crippen LogP contribution in [0, 0.1) is 5.82 Å². The van der Waals surface area contributed by atoms with E-state index in [9.17, 15) is 9.18 Å². The molecule has 1 aliphatic rings. The van der Waals surface area contributed by atoms with Gasteiger partial charge in [-0.1, -0.05) is 30.2 Å². The van der Waals surface area contributed by atoms with E-state index in [2.05, 4.69) is 31.5 Å². The molecule has 0 aromatic heterocycles. The summed E-state index contributed by atoms with van der Waals surface area (Å²) in [5.74, 6) is -0.834. The highest BCUT2D eigenvalue weighted by Crippen LogP contribution is 2.27. The monoisotopic (exact) mass is 516 g/mol. The Morgan fingerprint density at radius 2 is 1.75 bits per heavy atom. The SMILES string of the molecule is C[N+](C)(Cc1ccc(NC(=O)c2ccc(F)c(Cl)c2)cc1)C1CCCCC1.[I-]. The van der Waals surface area contributed by atoms with Gasteiger partial charge in [0.2, 0.25) is 0 Å². The zero-order valence-electron chi connectivity index (χ0n) is 16.4. The highest BCUT2D eigenvalue weighted by molar-refractivity contribution is 6.31. The molecule has 0 aliphatic heterocycles. The predicted molar refractivity (Wildman–Crippen MR) is 108 cm³/mol. The zero-order chi connectivity index (χ0) is 19.4. The van der Waals surface area contributed by atoms with Gasteiger partial charge in [-0.25, -0.2) is 4.39 Å². The van der Waals surface area contributed by atoms with E-state index in [4.69, 9.17) is 11.6 Å². The summed E-state index contributed by atoms with van der Waals surface area (Å²) in [5, 5.41) is 2.78. The molecule has 0 heterocycles. The molecule has 1 amide bonds. The van der Waals surface area contributed by atoms with Gasteiger partial charge < -0.3 is 33.8 Å². The Balaban J connectivity index is 0.00000280. The van der Waals surface area contributed by atoms with E-state index in [1.807, 2.05) is 12.1 Å². The Bertz CT molecular complexity index is 805. The molecule has 1 fully saturated rings. The Morgan fingerprint density at radius 1 is 1.11 bits per heavy atom. The normalized spacial score (nSPS) is 15.0. The maximum Gasteiger partial charge on any atom is 0.255 e. The molecule has 0 unspecified atom stereocenters. The highest BCUT2D eigenvalue weighted by atomic mass is 127. The summed E-state index contributed by atoms with van der Waals surface area (Å²) in [5.41, 5.74) is 2.31. The van der Waals surface area contributed by atoms with Crippen LogP contribution in [-0.2, 0) is 6.54 Å². The first-order valence-electron chi connectivity index (χ1n) is 9.53. The van der Waals surface area contributed by atoms with Crippen LogP contribution in [0.2, 0.25) is 5.02 Å². The number of quaternary nitrogens is 1. The summed E-state index contributed by atoms with van der Waals surface area (Å²) < 4.78 is 14.2. The summed E-state index contributed by atoms with van der Waals surface area (Å²) in [4.78, 5) is 12.3. The molecule has 2 aromatic carbocycles. The lowest BCUT2D eigenvalue weighted by Crippen LogP contribution is -3.00. The van der Waals surface area contributed by atoms with Gasteiger partial charge in [-0.3, -0.25) is 4.79 Å². The summed E-state index contributed by atoms with van der Waals surface area (Å²) >= 11 is 5.75. The van der Waals surface area contributed by atoms with E-state index >= 15 is 0 Å². The first kappa shape index (κ1) is 23.1. The molecule has 1 saturated carbocycles. The van der Waals surface area contributed by atoms with E-state index in [1.165, 1.54) is 55.9 Å². The molecular formula is C22H27ClFIN2O. The average molecular weight is 517 g/mol. The van der Waals surface area contributed by atoms with E-state index < -0.39 is 5.82 Å². The second kappa shape index (κ2) is 10.0. The van der Waals surface area contributed by atoms with Crippen LogP contribution in [0.4, 0.5) is 10.1 Å². The summed E-state index contributed by atoms with van der Waals surface area (Å²) in [7, 11) is 4.62. The lowest BCUT2D eigenvalue weighted by molar-refractivity contribution is -0.929. The first-order valence-corrected chi connectivity index (χ1v) is 9.91. The Morgan fingerprint density at radius 3 is 2.36 bits per heavy atom. The predicted octanol–water partition coefficient (Wildman–Crippen LogP) is 2.64. The summed E-state index contributed by atoms with van der Waals surface area (Å²) in [6.07, 6.45) is 6.66. The van der Waals surface area contributed by atoms with Crippen molar-refractivity contribution in [3.8, 4) is 0 Å². The maximum absolute atomic E-state index is 13.2. The largest absolute Gasteiger partial charge is 1.00 e. The fraction of sp³-hybridized carbons (Fsp3) is 0.409. The minimum absolute atomic E-state index is 0. The van der Waals surface area contributed by atoms with Crippen LogP contribution in [0.15, 0.2) is 42.5 Å². The van der Waals surface area contributed by atoms with Gasteiger partial charge in [0.1, 0.15) is 12.4 Å². The van der Waals surface area contributed by atoms with Crippen LogP contribution in [0.25, 0.3) is 0 Å². The molecule has 3 rings (SSSR count). The van der Waals surface area contributed by atoms with E-state index in [0.29, 0.717) is 11.3 Å². The van der Waals surface area contributed by atoms with Crippen molar-refractivity contribution in [3.05, 3.63) is 64.4 Å². The highest BCUT2D eigenvalue weighted by Gasteiger charge is 2.29. The third-order valence-corrected chi connectivity index (χ3v) is 5.84. The molecule has 3 nitrogen and oxygen atoms in total. The number of nitrogens with one attached hydrogen (secondary N) is 1. The lowest BCUT2D eigenvalue weighted by Gasteiger charge is -2.40. The van der Waals surface area contributed by atoms with Crippen molar-refractivity contribution in [1.82, 2.24) is 0 Å². The van der Waals surface area contributed by atoms with Gasteiger partial charge in [0.25, 0.3) is 5.91 Å². The molecule has 0 spiro atoms. The second-order valence-corrected chi connectivity index (χ2v) is 8.42. The second-order valence-electron chi connectivity index (χ2n) is 8.01. The van der Waals surface area contributed by atoms with Crippen molar-refractivity contribution in [2.75, 3.05) is 19.4 Å². The fourth-order valence-corrected chi connectivity index (χ4v) is 4.09. The number of anilines is 1. The molecular weight excluding hydrogens is 490 g/mol. The average Bonchev–Trinajstić information content (AvgIpc) is 2.66. The van der Waals surface area contributed by atoms with E-state index in [-0.39, 0.29) is 34.9 Å². The van der Waals surface area contributed by atoms with Gasteiger partial charge in [-0.2, -0.15) is 0 Å². The molecule has 0 atom stereocenters. The topological polar surface area (TPSA) is 29.1 Å². The molecule has 28 heavy (non-hydrogen) atoms. The zero-order valence-corrected chi connectivity index (χ0v) is 19.3. The number of benzene rings is 2. The number of hydrogen-bond donors (Lipinski definition) is 1. The quantitative estimate of drug-likeness (QED) is 0.481. The number of rotatable bonds is 5. The molecule has 152 valence electrons. The fourth-order valence-electron chi connectivity index (χ4n) is 3.91. The molecule has 6 heteroatoms. The molecule has 1 aliphatic carbocycles. The lowest BCUT2D eigenvalue weighted by atomic mass is 9.92. The Kier molecular flexibility index (Phi) is 8.28. The maximum atomic E-state index is 13.2. The minimum Gasteiger partial charge on any atom is -1.00 e.